The molecule has 36 heavy (non-hydrogen) atoms. The summed E-state index contributed by atoms with van der Waals surface area (Å²) in [7, 11) is 0. The molecule has 0 spiro atoms. The van der Waals surface area contributed by atoms with Gasteiger partial charge in [0.15, 0.2) is 5.82 Å². The Morgan fingerprint density at radius 3 is 2.50 bits per heavy atom. The lowest BCUT2D eigenvalue weighted by atomic mass is 9.94. The van der Waals surface area contributed by atoms with E-state index >= 15 is 0 Å². The second-order valence-electron chi connectivity index (χ2n) is 9.20. The number of nitrogens with one attached hydrogen (secondary N) is 2. The molecule has 3 aromatic carbocycles. The highest BCUT2D eigenvalue weighted by Crippen LogP contribution is 2.49. The zero-order valence-corrected chi connectivity index (χ0v) is 20.3. The zero-order chi connectivity index (χ0) is 24.5. The Morgan fingerprint density at radius 1 is 1.00 bits per heavy atom. The number of hydrogen-bond acceptors (Lipinski definition) is 6. The Balaban J connectivity index is 1.29. The van der Waals surface area contributed by atoms with Crippen LogP contribution in [0.5, 0.6) is 0 Å². The van der Waals surface area contributed by atoms with E-state index in [2.05, 4.69) is 55.1 Å². The molecule has 2 aliphatic rings. The van der Waals surface area contributed by atoms with Gasteiger partial charge in [-0.15, -0.1) is 5.10 Å². The normalized spacial score (nSPS) is 16.5. The van der Waals surface area contributed by atoms with Crippen LogP contribution in [-0.4, -0.2) is 52.8 Å². The van der Waals surface area contributed by atoms with Crippen molar-refractivity contribution in [2.24, 2.45) is 0 Å². The van der Waals surface area contributed by atoms with Gasteiger partial charge in [-0.25, -0.2) is 5.10 Å². The predicted octanol–water partition coefficient (Wildman–Crippen LogP) is 4.69. The smallest absolute Gasteiger partial charge is 0.235 e. The van der Waals surface area contributed by atoms with Crippen molar-refractivity contribution in [1.82, 2.24) is 20.6 Å². The highest BCUT2D eigenvalue weighted by atomic mass is 35.5. The van der Waals surface area contributed by atoms with Crippen LogP contribution >= 0.6 is 11.6 Å². The van der Waals surface area contributed by atoms with Crippen LogP contribution in [0.15, 0.2) is 66.7 Å². The second-order valence-corrected chi connectivity index (χ2v) is 9.64. The molecule has 0 unspecified atom stereocenters. The lowest BCUT2D eigenvalue weighted by molar-refractivity contribution is -0.118. The van der Waals surface area contributed by atoms with Gasteiger partial charge < -0.3 is 15.0 Å². The third kappa shape index (κ3) is 4.34. The second kappa shape index (κ2) is 9.37. The van der Waals surface area contributed by atoms with E-state index in [1.807, 2.05) is 42.5 Å². The molecule has 0 radical (unpaired) electrons. The third-order valence-electron chi connectivity index (χ3n) is 6.99. The first kappa shape index (κ1) is 22.7. The van der Waals surface area contributed by atoms with Crippen LogP contribution in [-0.2, 0) is 14.9 Å². The van der Waals surface area contributed by atoms with Crippen molar-refractivity contribution >= 4 is 28.9 Å². The Kier molecular flexibility index (Phi) is 5.91. The Labute approximate surface area is 213 Å². The maximum atomic E-state index is 13.3. The topological polar surface area (TPSA) is 96.0 Å². The molecule has 1 saturated heterocycles. The number of anilines is 2. The van der Waals surface area contributed by atoms with Gasteiger partial charge in [-0.05, 0) is 76.4 Å². The molecule has 4 aromatic rings. The zero-order valence-electron chi connectivity index (χ0n) is 19.6. The van der Waals surface area contributed by atoms with E-state index in [4.69, 9.17) is 16.3 Å². The molecule has 2 N–H and O–H groups in total. The summed E-state index contributed by atoms with van der Waals surface area (Å²) in [5.41, 5.74) is 5.09. The highest BCUT2D eigenvalue weighted by molar-refractivity contribution is 6.30. The number of aromatic amines is 1. The standard InChI is InChI=1S/C27H25ClN6O2/c28-20-3-1-2-19(16-20)27(10-11-27)26(35)29-21-6-9-23(24(17-21)25-30-32-33-31-25)18-4-7-22(8-5-18)34-12-14-36-15-13-34/h1-9,16-17H,10-15H2,(H,29,35)(H,30,31,32,33). The van der Waals surface area contributed by atoms with Crippen molar-refractivity contribution in [3.8, 4) is 22.5 Å². The molecule has 1 saturated carbocycles. The number of aromatic nitrogens is 4. The van der Waals surface area contributed by atoms with Gasteiger partial charge in [-0.2, -0.15) is 0 Å². The Hall–Kier alpha value is -3.75. The molecule has 0 bridgehead atoms. The molecule has 1 aliphatic carbocycles. The van der Waals surface area contributed by atoms with Gasteiger partial charge >= 0.3 is 0 Å². The van der Waals surface area contributed by atoms with E-state index in [0.717, 1.165) is 61.4 Å². The number of H-pyrrole nitrogens is 1. The molecule has 1 aliphatic heterocycles. The number of hydrogen-bond donors (Lipinski definition) is 2. The highest BCUT2D eigenvalue weighted by Gasteiger charge is 2.51. The lowest BCUT2D eigenvalue weighted by Crippen LogP contribution is -2.36. The first-order valence-corrected chi connectivity index (χ1v) is 12.4. The maximum absolute atomic E-state index is 13.3. The minimum Gasteiger partial charge on any atom is -0.378 e. The first-order valence-electron chi connectivity index (χ1n) is 12.0. The maximum Gasteiger partial charge on any atom is 0.235 e. The predicted molar refractivity (Wildman–Crippen MR) is 139 cm³/mol. The average molecular weight is 501 g/mol. The SMILES string of the molecule is O=C(Nc1ccc(-c2ccc(N3CCOCC3)cc2)c(-c2nnn[nH]2)c1)C1(c2cccc(Cl)c2)CC1. The van der Waals surface area contributed by atoms with Crippen LogP contribution in [0.1, 0.15) is 18.4 Å². The summed E-state index contributed by atoms with van der Waals surface area (Å²) < 4.78 is 5.47. The van der Waals surface area contributed by atoms with Gasteiger partial charge in [0.1, 0.15) is 0 Å². The molecule has 2 fully saturated rings. The van der Waals surface area contributed by atoms with Gasteiger partial charge in [0.25, 0.3) is 0 Å². The molecule has 2 heterocycles. The number of carbonyl (C=O) groups excluding carboxylic acids is 1. The van der Waals surface area contributed by atoms with Crippen molar-refractivity contribution in [2.45, 2.75) is 18.3 Å². The van der Waals surface area contributed by atoms with Crippen LogP contribution in [0.3, 0.4) is 0 Å². The van der Waals surface area contributed by atoms with Gasteiger partial charge in [-0.1, -0.05) is 41.9 Å². The number of amides is 1. The van der Waals surface area contributed by atoms with Crippen LogP contribution < -0.4 is 10.2 Å². The number of morpholine rings is 1. The molecule has 1 amide bonds. The fourth-order valence-electron chi connectivity index (χ4n) is 4.82. The minimum atomic E-state index is -0.535. The summed E-state index contributed by atoms with van der Waals surface area (Å²) in [4.78, 5) is 15.7. The number of rotatable bonds is 6. The molecular formula is C27H25ClN6O2. The van der Waals surface area contributed by atoms with Gasteiger partial charge in [0, 0.05) is 35.1 Å². The molecule has 9 heteroatoms. The molecule has 6 rings (SSSR count). The van der Waals surface area contributed by atoms with Crippen molar-refractivity contribution in [2.75, 3.05) is 36.5 Å². The van der Waals surface area contributed by atoms with Crippen molar-refractivity contribution in [3.05, 3.63) is 77.3 Å². The van der Waals surface area contributed by atoms with E-state index < -0.39 is 5.41 Å². The lowest BCUT2D eigenvalue weighted by Gasteiger charge is -2.29. The van der Waals surface area contributed by atoms with Gasteiger partial charge in [-0.3, -0.25) is 4.79 Å². The van der Waals surface area contributed by atoms with E-state index in [0.29, 0.717) is 16.5 Å². The number of tetrazole rings is 1. The average Bonchev–Trinajstić information content (AvgIpc) is 3.56. The Bertz CT molecular complexity index is 1380. The fourth-order valence-corrected chi connectivity index (χ4v) is 5.02. The number of benzene rings is 3. The molecule has 8 nitrogen and oxygen atoms in total. The summed E-state index contributed by atoms with van der Waals surface area (Å²) in [6.07, 6.45) is 1.59. The summed E-state index contributed by atoms with van der Waals surface area (Å²) in [5.74, 6) is 0.503. The number of halogens is 1. The van der Waals surface area contributed by atoms with Crippen LogP contribution in [0, 0.1) is 0 Å². The molecule has 182 valence electrons. The summed E-state index contributed by atoms with van der Waals surface area (Å²) in [5, 5.41) is 18.3. The van der Waals surface area contributed by atoms with E-state index in [1.54, 1.807) is 0 Å². The van der Waals surface area contributed by atoms with E-state index in [1.165, 1.54) is 5.69 Å². The van der Waals surface area contributed by atoms with Crippen LogP contribution in [0.25, 0.3) is 22.5 Å². The number of carbonyl (C=O) groups is 1. The first-order chi connectivity index (χ1) is 17.6. The molecule has 1 aromatic heterocycles. The van der Waals surface area contributed by atoms with Gasteiger partial charge in [0.05, 0.1) is 18.6 Å². The third-order valence-corrected chi connectivity index (χ3v) is 7.23. The number of ether oxygens (including phenoxy) is 1. The Morgan fingerprint density at radius 2 is 1.81 bits per heavy atom. The van der Waals surface area contributed by atoms with Crippen LogP contribution in [0.2, 0.25) is 5.02 Å². The summed E-state index contributed by atoms with van der Waals surface area (Å²) in [6.45, 7) is 3.27. The summed E-state index contributed by atoms with van der Waals surface area (Å²) >= 11 is 6.19. The van der Waals surface area contributed by atoms with E-state index in [-0.39, 0.29) is 5.91 Å². The quantitative estimate of drug-likeness (QED) is 0.398. The molecular weight excluding hydrogens is 476 g/mol. The fraction of sp³-hybridized carbons (Fsp3) is 0.259. The van der Waals surface area contributed by atoms with Crippen LogP contribution in [0.4, 0.5) is 11.4 Å². The van der Waals surface area contributed by atoms with Crippen molar-refractivity contribution < 1.29 is 9.53 Å². The summed E-state index contributed by atoms with van der Waals surface area (Å²) in [6, 6.07) is 21.8. The van der Waals surface area contributed by atoms with E-state index in [9.17, 15) is 4.79 Å². The van der Waals surface area contributed by atoms with Crippen molar-refractivity contribution in [1.29, 1.82) is 0 Å². The largest absolute Gasteiger partial charge is 0.378 e. The van der Waals surface area contributed by atoms with Gasteiger partial charge in [0.2, 0.25) is 5.91 Å². The van der Waals surface area contributed by atoms with Crippen molar-refractivity contribution in [3.63, 3.8) is 0 Å². The monoisotopic (exact) mass is 500 g/mol. The minimum absolute atomic E-state index is 0.0333. The number of nitrogens with zero attached hydrogens (tertiary/aromatic N) is 4. The molecule has 0 atom stereocenters.